The van der Waals surface area contributed by atoms with E-state index in [1.165, 1.54) is 43.6 Å². The SMILES string of the molecule is N#Cc1cncc(-c2cccc(-c3cccc(-n4c5ccccc5c5c4ccc4c6ccccc6n(-c6ccccc6)c45)c3)c2)c1. The number of hydrogen-bond acceptors (Lipinski definition) is 2. The van der Waals surface area contributed by atoms with Crippen molar-refractivity contribution in [3.8, 4) is 39.7 Å². The zero-order chi connectivity index (χ0) is 30.6. The fourth-order valence-corrected chi connectivity index (χ4v) is 6.99. The van der Waals surface area contributed by atoms with Crippen LogP contribution in [0.5, 0.6) is 0 Å². The van der Waals surface area contributed by atoms with Gasteiger partial charge in [0.15, 0.2) is 0 Å². The first-order valence-corrected chi connectivity index (χ1v) is 15.4. The molecule has 0 unspecified atom stereocenters. The third-order valence-electron chi connectivity index (χ3n) is 8.99. The van der Waals surface area contributed by atoms with E-state index in [1.807, 2.05) is 12.3 Å². The molecule has 0 saturated carbocycles. The predicted octanol–water partition coefficient (Wildman–Crippen LogP) is 10.5. The Hall–Kier alpha value is -6.44. The molecule has 0 amide bonds. The molecule has 0 bridgehead atoms. The molecule has 0 N–H and O–H groups in total. The van der Waals surface area contributed by atoms with E-state index in [4.69, 9.17) is 0 Å². The number of aromatic nitrogens is 3. The van der Waals surface area contributed by atoms with Crippen LogP contribution in [0.3, 0.4) is 0 Å². The molecule has 6 aromatic carbocycles. The Morgan fingerprint density at radius 3 is 1.91 bits per heavy atom. The average molecular weight is 587 g/mol. The highest BCUT2D eigenvalue weighted by Gasteiger charge is 2.20. The van der Waals surface area contributed by atoms with Gasteiger partial charge in [-0.1, -0.05) is 91.0 Å². The van der Waals surface area contributed by atoms with Crippen LogP contribution in [0.2, 0.25) is 0 Å². The minimum Gasteiger partial charge on any atom is -0.309 e. The quantitative estimate of drug-likeness (QED) is 0.206. The second-order valence-corrected chi connectivity index (χ2v) is 11.6. The van der Waals surface area contributed by atoms with Crippen molar-refractivity contribution in [1.82, 2.24) is 14.1 Å². The Morgan fingerprint density at radius 1 is 0.457 bits per heavy atom. The van der Waals surface area contributed by atoms with Gasteiger partial charge in [-0.25, -0.2) is 0 Å². The summed E-state index contributed by atoms with van der Waals surface area (Å²) in [5.74, 6) is 0. The summed E-state index contributed by atoms with van der Waals surface area (Å²) in [6, 6.07) is 53.9. The maximum Gasteiger partial charge on any atom is 0.101 e. The van der Waals surface area contributed by atoms with E-state index in [0.717, 1.165) is 33.6 Å². The van der Waals surface area contributed by atoms with Gasteiger partial charge >= 0.3 is 0 Å². The Balaban J connectivity index is 1.29. The first-order valence-electron chi connectivity index (χ1n) is 15.4. The summed E-state index contributed by atoms with van der Waals surface area (Å²) in [7, 11) is 0. The molecule has 0 aliphatic rings. The predicted molar refractivity (Wildman–Crippen MR) is 189 cm³/mol. The molecule has 0 fully saturated rings. The number of fused-ring (bicyclic) bond motifs is 7. The lowest BCUT2D eigenvalue weighted by Crippen LogP contribution is -1.95. The largest absolute Gasteiger partial charge is 0.309 e. The maximum absolute atomic E-state index is 9.39. The van der Waals surface area contributed by atoms with Crippen molar-refractivity contribution in [3.05, 3.63) is 164 Å². The normalized spacial score (nSPS) is 11.5. The van der Waals surface area contributed by atoms with Gasteiger partial charge in [0.25, 0.3) is 0 Å². The summed E-state index contributed by atoms with van der Waals surface area (Å²) >= 11 is 0. The monoisotopic (exact) mass is 586 g/mol. The van der Waals surface area contributed by atoms with Crippen molar-refractivity contribution in [2.24, 2.45) is 0 Å². The number of nitriles is 1. The maximum atomic E-state index is 9.39. The van der Waals surface area contributed by atoms with Crippen molar-refractivity contribution in [1.29, 1.82) is 5.26 Å². The van der Waals surface area contributed by atoms with Gasteiger partial charge in [-0.3, -0.25) is 4.98 Å². The van der Waals surface area contributed by atoms with Crippen molar-refractivity contribution in [2.75, 3.05) is 0 Å². The molecule has 214 valence electrons. The molecular weight excluding hydrogens is 560 g/mol. The highest BCUT2D eigenvalue weighted by atomic mass is 15.0. The molecule has 3 heterocycles. The van der Waals surface area contributed by atoms with Crippen molar-refractivity contribution >= 4 is 43.6 Å². The third kappa shape index (κ3) is 3.96. The standard InChI is InChI=1S/C42H26N4/c43-25-28-22-32(27-44-26-28)30-11-8-10-29(23-30)31-12-9-15-34(24-31)45-39-19-7-5-17-37(39)41-40(45)21-20-36-35-16-4-6-18-38(35)46(42(36)41)33-13-2-1-3-14-33/h1-24,26-27H. The minimum absolute atomic E-state index is 0.552. The average Bonchev–Trinajstić information content (AvgIpc) is 3.65. The van der Waals surface area contributed by atoms with Crippen LogP contribution in [0.25, 0.3) is 77.2 Å². The van der Waals surface area contributed by atoms with E-state index in [9.17, 15) is 5.26 Å². The van der Waals surface area contributed by atoms with Gasteiger partial charge in [0.2, 0.25) is 0 Å². The zero-order valence-corrected chi connectivity index (χ0v) is 24.8. The van der Waals surface area contributed by atoms with Crippen LogP contribution in [0.15, 0.2) is 158 Å². The minimum atomic E-state index is 0.552. The van der Waals surface area contributed by atoms with Crippen molar-refractivity contribution in [2.45, 2.75) is 0 Å². The van der Waals surface area contributed by atoms with Crippen LogP contribution in [0, 0.1) is 11.3 Å². The Morgan fingerprint density at radius 2 is 1.11 bits per heavy atom. The zero-order valence-electron chi connectivity index (χ0n) is 24.8. The Kier molecular flexibility index (Phi) is 5.84. The lowest BCUT2D eigenvalue weighted by atomic mass is 9.99. The number of nitrogens with zero attached hydrogens (tertiary/aromatic N) is 4. The van der Waals surface area contributed by atoms with Crippen LogP contribution >= 0.6 is 0 Å². The first-order chi connectivity index (χ1) is 22.8. The lowest BCUT2D eigenvalue weighted by molar-refractivity contribution is 1.17. The molecule has 0 radical (unpaired) electrons. The number of para-hydroxylation sites is 3. The number of hydrogen-bond donors (Lipinski definition) is 0. The molecule has 4 heteroatoms. The van der Waals surface area contributed by atoms with E-state index in [2.05, 4.69) is 160 Å². The number of benzene rings is 6. The molecule has 9 rings (SSSR count). The molecular formula is C42H26N4. The summed E-state index contributed by atoms with van der Waals surface area (Å²) in [5.41, 5.74) is 11.7. The first kappa shape index (κ1) is 26.0. The van der Waals surface area contributed by atoms with Gasteiger partial charge < -0.3 is 9.13 Å². The van der Waals surface area contributed by atoms with Crippen molar-refractivity contribution < 1.29 is 0 Å². The molecule has 0 spiro atoms. The molecule has 4 nitrogen and oxygen atoms in total. The summed E-state index contributed by atoms with van der Waals surface area (Å²) in [4.78, 5) is 4.27. The summed E-state index contributed by atoms with van der Waals surface area (Å²) in [5, 5.41) is 14.3. The molecule has 0 atom stereocenters. The topological polar surface area (TPSA) is 46.5 Å². The lowest BCUT2D eigenvalue weighted by Gasteiger charge is -2.12. The number of pyridine rings is 1. The van der Waals surface area contributed by atoms with Gasteiger partial charge in [0, 0.05) is 50.9 Å². The highest BCUT2D eigenvalue weighted by Crippen LogP contribution is 2.42. The fraction of sp³-hybridized carbons (Fsp3) is 0. The molecule has 46 heavy (non-hydrogen) atoms. The van der Waals surface area contributed by atoms with Crippen LogP contribution in [-0.4, -0.2) is 14.1 Å². The van der Waals surface area contributed by atoms with Gasteiger partial charge in [0.05, 0.1) is 27.6 Å². The highest BCUT2D eigenvalue weighted by molar-refractivity contribution is 6.26. The Labute approximate surface area is 265 Å². The molecule has 0 aliphatic carbocycles. The Bertz CT molecular complexity index is 2650. The van der Waals surface area contributed by atoms with Gasteiger partial charge in [-0.05, 0) is 71.3 Å². The molecule has 3 aromatic heterocycles. The van der Waals surface area contributed by atoms with Crippen LogP contribution < -0.4 is 0 Å². The van der Waals surface area contributed by atoms with Crippen LogP contribution in [0.4, 0.5) is 0 Å². The van der Waals surface area contributed by atoms with E-state index >= 15 is 0 Å². The smallest absolute Gasteiger partial charge is 0.101 e. The molecule has 0 saturated heterocycles. The molecule has 9 aromatic rings. The number of rotatable bonds is 4. The van der Waals surface area contributed by atoms with Gasteiger partial charge in [-0.15, -0.1) is 0 Å². The second-order valence-electron chi connectivity index (χ2n) is 11.6. The van der Waals surface area contributed by atoms with Crippen molar-refractivity contribution in [3.63, 3.8) is 0 Å². The summed E-state index contributed by atoms with van der Waals surface area (Å²) < 4.78 is 4.81. The third-order valence-corrected chi connectivity index (χ3v) is 8.99. The second kappa shape index (κ2) is 10.3. The summed E-state index contributed by atoms with van der Waals surface area (Å²) in [6.07, 6.45) is 3.40. The van der Waals surface area contributed by atoms with E-state index < -0.39 is 0 Å². The van der Waals surface area contributed by atoms with E-state index in [-0.39, 0.29) is 0 Å². The van der Waals surface area contributed by atoms with Gasteiger partial charge in [-0.2, -0.15) is 5.26 Å². The van der Waals surface area contributed by atoms with Crippen LogP contribution in [-0.2, 0) is 0 Å². The fourth-order valence-electron chi connectivity index (χ4n) is 6.99. The van der Waals surface area contributed by atoms with Crippen LogP contribution in [0.1, 0.15) is 5.56 Å². The van der Waals surface area contributed by atoms with E-state index in [0.29, 0.717) is 5.56 Å². The summed E-state index contributed by atoms with van der Waals surface area (Å²) in [6.45, 7) is 0. The van der Waals surface area contributed by atoms with E-state index in [1.54, 1.807) is 6.20 Å². The molecule has 0 aliphatic heterocycles. The van der Waals surface area contributed by atoms with Gasteiger partial charge in [0.1, 0.15) is 6.07 Å².